The quantitative estimate of drug-likeness (QED) is 0.449. The second-order valence-corrected chi connectivity index (χ2v) is 1.84. The van der Waals surface area contributed by atoms with Crippen molar-refractivity contribution in [2.45, 2.75) is 6.92 Å². The Hall–Kier alpha value is -1.16. The maximum Gasteiger partial charge on any atom is 0.330 e. The summed E-state index contributed by atoms with van der Waals surface area (Å²) in [6.45, 7) is 1.08. The van der Waals surface area contributed by atoms with Crippen molar-refractivity contribution in [3.05, 3.63) is 12.2 Å². The number of aliphatic hydroxyl groups excluding tert-OH is 1. The molecule has 0 saturated heterocycles. The Labute approximate surface area is 64.5 Å². The highest BCUT2D eigenvalue weighted by atomic mass is 16.5. The molecule has 0 aliphatic rings. The number of aliphatic hydroxyl groups is 1. The van der Waals surface area contributed by atoms with Crippen LogP contribution in [0.5, 0.6) is 0 Å². The standard InChI is InChI=1S/C7H10O4/c1-6(9)2-3-7(10)11-5-4-8/h2-3,8H,4-5H2,1H3/b3-2-. The zero-order valence-corrected chi connectivity index (χ0v) is 6.24. The molecule has 0 atom stereocenters. The molecule has 0 fully saturated rings. The average molecular weight is 158 g/mol. The van der Waals surface area contributed by atoms with E-state index >= 15 is 0 Å². The van der Waals surface area contributed by atoms with Gasteiger partial charge >= 0.3 is 5.97 Å². The van der Waals surface area contributed by atoms with E-state index in [2.05, 4.69) is 4.74 Å². The Bertz CT molecular complexity index is 171. The van der Waals surface area contributed by atoms with Gasteiger partial charge in [0.05, 0.1) is 6.61 Å². The van der Waals surface area contributed by atoms with Crippen LogP contribution in [0.25, 0.3) is 0 Å². The van der Waals surface area contributed by atoms with Crippen molar-refractivity contribution < 1.29 is 19.4 Å². The van der Waals surface area contributed by atoms with Gasteiger partial charge < -0.3 is 9.84 Å². The molecule has 0 aliphatic carbocycles. The first-order valence-corrected chi connectivity index (χ1v) is 3.13. The molecule has 0 heterocycles. The van der Waals surface area contributed by atoms with Crippen LogP contribution >= 0.6 is 0 Å². The molecule has 4 heteroatoms. The largest absolute Gasteiger partial charge is 0.460 e. The molecule has 0 unspecified atom stereocenters. The third kappa shape index (κ3) is 6.73. The van der Waals surface area contributed by atoms with Gasteiger partial charge in [-0.2, -0.15) is 0 Å². The van der Waals surface area contributed by atoms with Crippen molar-refractivity contribution in [1.82, 2.24) is 0 Å². The molecule has 0 aliphatic heterocycles. The fourth-order valence-corrected chi connectivity index (χ4v) is 0.380. The van der Waals surface area contributed by atoms with E-state index in [-0.39, 0.29) is 19.0 Å². The predicted octanol–water partition coefficient (Wildman–Crippen LogP) is -0.333. The minimum atomic E-state index is -0.616. The first-order valence-electron chi connectivity index (χ1n) is 3.13. The molecular formula is C7H10O4. The van der Waals surface area contributed by atoms with E-state index in [9.17, 15) is 9.59 Å². The van der Waals surface area contributed by atoms with Crippen molar-refractivity contribution in [3.63, 3.8) is 0 Å². The van der Waals surface area contributed by atoms with Crippen LogP contribution in [0.3, 0.4) is 0 Å². The number of hydrogen-bond acceptors (Lipinski definition) is 4. The van der Waals surface area contributed by atoms with Crippen molar-refractivity contribution in [2.24, 2.45) is 0 Å². The Morgan fingerprint density at radius 2 is 2.09 bits per heavy atom. The Morgan fingerprint density at radius 3 is 2.55 bits per heavy atom. The summed E-state index contributed by atoms with van der Waals surface area (Å²) in [7, 11) is 0. The second-order valence-electron chi connectivity index (χ2n) is 1.84. The van der Waals surface area contributed by atoms with Crippen LogP contribution in [-0.2, 0) is 14.3 Å². The molecular weight excluding hydrogens is 148 g/mol. The summed E-state index contributed by atoms with van der Waals surface area (Å²) in [5.41, 5.74) is 0. The van der Waals surface area contributed by atoms with Crippen molar-refractivity contribution in [2.75, 3.05) is 13.2 Å². The number of ether oxygens (including phenoxy) is 1. The van der Waals surface area contributed by atoms with Gasteiger partial charge in [-0.05, 0) is 13.0 Å². The summed E-state index contributed by atoms with van der Waals surface area (Å²) < 4.78 is 4.41. The van der Waals surface area contributed by atoms with E-state index in [1.165, 1.54) is 6.92 Å². The smallest absolute Gasteiger partial charge is 0.330 e. The number of rotatable bonds is 4. The van der Waals surface area contributed by atoms with E-state index in [1.807, 2.05) is 0 Å². The molecule has 0 bridgehead atoms. The molecule has 62 valence electrons. The number of carbonyl (C=O) groups excluding carboxylic acids is 2. The maximum atomic E-state index is 10.5. The topological polar surface area (TPSA) is 63.6 Å². The SMILES string of the molecule is CC(=O)/C=C\C(=O)OCCO. The first kappa shape index (κ1) is 9.84. The molecule has 0 rings (SSSR count). The first-order chi connectivity index (χ1) is 5.16. The lowest BCUT2D eigenvalue weighted by Crippen LogP contribution is -2.05. The molecule has 0 amide bonds. The normalized spacial score (nSPS) is 10.0. The molecule has 1 N–H and O–H groups in total. The molecule has 4 nitrogen and oxygen atoms in total. The fraction of sp³-hybridized carbons (Fsp3) is 0.429. The predicted molar refractivity (Wildman–Crippen MR) is 37.9 cm³/mol. The molecule has 0 saturated carbocycles. The van der Waals surface area contributed by atoms with Crippen LogP contribution in [0.4, 0.5) is 0 Å². The van der Waals surface area contributed by atoms with E-state index in [0.717, 1.165) is 12.2 Å². The number of hydrogen-bond donors (Lipinski definition) is 1. The van der Waals surface area contributed by atoms with Crippen LogP contribution in [0.1, 0.15) is 6.92 Å². The minimum Gasteiger partial charge on any atom is -0.460 e. The van der Waals surface area contributed by atoms with E-state index in [0.29, 0.717) is 0 Å². The van der Waals surface area contributed by atoms with Crippen LogP contribution < -0.4 is 0 Å². The minimum absolute atomic E-state index is 0.0406. The lowest BCUT2D eigenvalue weighted by molar-refractivity contribution is -0.138. The van der Waals surface area contributed by atoms with Gasteiger partial charge in [0.25, 0.3) is 0 Å². The van der Waals surface area contributed by atoms with Gasteiger partial charge in [0.2, 0.25) is 0 Å². The molecule has 0 spiro atoms. The van der Waals surface area contributed by atoms with E-state index < -0.39 is 5.97 Å². The summed E-state index contributed by atoms with van der Waals surface area (Å²) >= 11 is 0. The van der Waals surface area contributed by atoms with E-state index in [4.69, 9.17) is 5.11 Å². The third-order valence-electron chi connectivity index (χ3n) is 0.790. The van der Waals surface area contributed by atoms with Gasteiger partial charge in [-0.1, -0.05) is 0 Å². The maximum absolute atomic E-state index is 10.5. The van der Waals surface area contributed by atoms with Crippen LogP contribution in [0.15, 0.2) is 12.2 Å². The Morgan fingerprint density at radius 1 is 1.45 bits per heavy atom. The molecule has 0 aromatic rings. The van der Waals surface area contributed by atoms with Gasteiger partial charge in [0.1, 0.15) is 6.61 Å². The molecule has 0 aromatic carbocycles. The molecule has 11 heavy (non-hydrogen) atoms. The number of ketones is 1. The monoisotopic (exact) mass is 158 g/mol. The highest BCUT2D eigenvalue weighted by molar-refractivity contribution is 5.94. The highest BCUT2D eigenvalue weighted by Gasteiger charge is 1.94. The fourth-order valence-electron chi connectivity index (χ4n) is 0.380. The van der Waals surface area contributed by atoms with Crippen LogP contribution in [0.2, 0.25) is 0 Å². The van der Waals surface area contributed by atoms with Gasteiger partial charge in [-0.3, -0.25) is 4.79 Å². The van der Waals surface area contributed by atoms with Gasteiger partial charge in [-0.15, -0.1) is 0 Å². The lowest BCUT2D eigenvalue weighted by Gasteiger charge is -1.95. The zero-order chi connectivity index (χ0) is 8.69. The Balaban J connectivity index is 3.60. The zero-order valence-electron chi connectivity index (χ0n) is 6.24. The van der Waals surface area contributed by atoms with Crippen molar-refractivity contribution in [3.8, 4) is 0 Å². The average Bonchev–Trinajstić information content (AvgIpc) is 1.97. The van der Waals surface area contributed by atoms with Gasteiger partial charge in [0, 0.05) is 6.08 Å². The number of carbonyl (C=O) groups is 2. The summed E-state index contributed by atoms with van der Waals surface area (Å²) in [6, 6.07) is 0. The lowest BCUT2D eigenvalue weighted by atomic mass is 10.4. The van der Waals surface area contributed by atoms with Gasteiger partial charge in [-0.25, -0.2) is 4.79 Å². The Kier molecular flexibility index (Phi) is 5.02. The third-order valence-corrected chi connectivity index (χ3v) is 0.790. The summed E-state index contributed by atoms with van der Waals surface area (Å²) in [4.78, 5) is 20.8. The van der Waals surface area contributed by atoms with Crippen molar-refractivity contribution >= 4 is 11.8 Å². The number of esters is 1. The van der Waals surface area contributed by atoms with Gasteiger partial charge in [0.15, 0.2) is 5.78 Å². The van der Waals surface area contributed by atoms with E-state index in [1.54, 1.807) is 0 Å². The van der Waals surface area contributed by atoms with Crippen molar-refractivity contribution in [1.29, 1.82) is 0 Å². The highest BCUT2D eigenvalue weighted by Crippen LogP contribution is 1.81. The molecule has 0 radical (unpaired) electrons. The van der Waals surface area contributed by atoms with Crippen LogP contribution in [-0.4, -0.2) is 30.1 Å². The van der Waals surface area contributed by atoms with Crippen LogP contribution in [0, 0.1) is 0 Å². The summed E-state index contributed by atoms with van der Waals surface area (Å²) in [5.74, 6) is -0.833. The molecule has 0 aromatic heterocycles. The summed E-state index contributed by atoms with van der Waals surface area (Å²) in [6.07, 6.45) is 2.14. The second kappa shape index (κ2) is 5.61. The number of allylic oxidation sites excluding steroid dienone is 1. The summed E-state index contributed by atoms with van der Waals surface area (Å²) in [5, 5.41) is 8.22.